The van der Waals surface area contributed by atoms with E-state index in [0.717, 1.165) is 19.4 Å². The van der Waals surface area contributed by atoms with Gasteiger partial charge in [-0.15, -0.1) is 0 Å². The molecule has 1 nitrogen and oxygen atoms in total. The highest BCUT2D eigenvalue weighted by molar-refractivity contribution is 5.39. The summed E-state index contributed by atoms with van der Waals surface area (Å²) >= 11 is 0. The number of hydrogen-bond acceptors (Lipinski definition) is 0. The minimum atomic E-state index is 0.882. The normalized spacial score (nSPS) is 22.4. The van der Waals surface area contributed by atoms with Crippen LogP contribution in [0.4, 0.5) is 0 Å². The van der Waals surface area contributed by atoms with Gasteiger partial charge in [-0.1, -0.05) is 18.2 Å². The molecule has 0 aromatic heterocycles. The average Bonchev–Trinajstić information content (AvgIpc) is 2.05. The molecule has 51 valence electrons. The molecule has 2 aliphatic rings. The Hall–Kier alpha value is -0.980. The Morgan fingerprint density at radius 1 is 1.10 bits per heavy atom. The third-order valence-electron chi connectivity index (χ3n) is 1.94. The molecular formula is C9H10N. The van der Waals surface area contributed by atoms with Crippen molar-refractivity contribution >= 4 is 0 Å². The molecule has 0 aromatic carbocycles. The molecule has 0 unspecified atom stereocenters. The van der Waals surface area contributed by atoms with Gasteiger partial charge < -0.3 is 0 Å². The maximum atomic E-state index is 4.19. The Morgan fingerprint density at radius 3 is 2.70 bits per heavy atom. The molecule has 10 heavy (non-hydrogen) atoms. The molecule has 1 heteroatoms. The average molecular weight is 132 g/mol. The van der Waals surface area contributed by atoms with E-state index in [2.05, 4.69) is 23.5 Å². The quantitative estimate of drug-likeness (QED) is 0.446. The highest BCUT2D eigenvalue weighted by Crippen LogP contribution is 2.24. The van der Waals surface area contributed by atoms with Crippen LogP contribution in [0.5, 0.6) is 0 Å². The third kappa shape index (κ3) is 0.878. The van der Waals surface area contributed by atoms with Gasteiger partial charge in [0.1, 0.15) is 0 Å². The summed E-state index contributed by atoms with van der Waals surface area (Å²) in [7, 11) is 0. The van der Waals surface area contributed by atoms with Crippen LogP contribution in [0.25, 0.3) is 0 Å². The maximum Gasteiger partial charge on any atom is 0.0576 e. The highest BCUT2D eigenvalue weighted by Gasteiger charge is 2.09. The monoisotopic (exact) mass is 132 g/mol. The Labute approximate surface area is 61.1 Å². The van der Waals surface area contributed by atoms with Crippen molar-refractivity contribution in [1.82, 2.24) is 5.32 Å². The van der Waals surface area contributed by atoms with Crippen molar-refractivity contribution in [3.8, 4) is 0 Å². The van der Waals surface area contributed by atoms with Gasteiger partial charge in [-0.25, -0.2) is 0 Å². The first-order chi connectivity index (χ1) is 4.97. The van der Waals surface area contributed by atoms with Crippen LogP contribution >= 0.6 is 0 Å². The zero-order valence-corrected chi connectivity index (χ0v) is 5.88. The second kappa shape index (κ2) is 2.33. The Morgan fingerprint density at radius 2 is 1.90 bits per heavy atom. The molecule has 1 heterocycles. The number of fused-ring (bicyclic) bond motifs is 1. The lowest BCUT2D eigenvalue weighted by atomic mass is 9.94. The molecule has 0 amide bonds. The van der Waals surface area contributed by atoms with Crippen LogP contribution in [0.3, 0.4) is 0 Å². The first-order valence-electron chi connectivity index (χ1n) is 3.67. The van der Waals surface area contributed by atoms with Crippen molar-refractivity contribution in [2.24, 2.45) is 0 Å². The van der Waals surface area contributed by atoms with Crippen LogP contribution in [0, 0.1) is 0 Å². The second-order valence-electron chi connectivity index (χ2n) is 2.63. The van der Waals surface area contributed by atoms with Crippen molar-refractivity contribution in [3.05, 3.63) is 35.6 Å². The predicted octanol–water partition coefficient (Wildman–Crippen LogP) is 1.76. The Bertz CT molecular complexity index is 197. The van der Waals surface area contributed by atoms with Crippen LogP contribution < -0.4 is 5.32 Å². The summed E-state index contributed by atoms with van der Waals surface area (Å²) in [6.45, 7) is 0.882. The first-order valence-corrected chi connectivity index (χ1v) is 3.67. The Balaban J connectivity index is 2.30. The van der Waals surface area contributed by atoms with Gasteiger partial charge in [-0.2, -0.15) is 0 Å². The SMILES string of the molecule is C1=CCC2=C[N]CC=C2C1. The van der Waals surface area contributed by atoms with Gasteiger partial charge in [0.15, 0.2) is 0 Å². The molecule has 0 fully saturated rings. The fourth-order valence-corrected chi connectivity index (χ4v) is 1.36. The minimum absolute atomic E-state index is 0.882. The van der Waals surface area contributed by atoms with Crippen LogP contribution in [0.15, 0.2) is 35.6 Å². The lowest BCUT2D eigenvalue weighted by Gasteiger charge is -2.16. The molecule has 0 saturated heterocycles. The summed E-state index contributed by atoms with van der Waals surface area (Å²) in [6, 6.07) is 0. The van der Waals surface area contributed by atoms with Crippen LogP contribution in [0.2, 0.25) is 0 Å². The van der Waals surface area contributed by atoms with Gasteiger partial charge in [0.2, 0.25) is 0 Å². The van der Waals surface area contributed by atoms with Gasteiger partial charge in [-0.05, 0) is 24.0 Å². The molecule has 0 N–H and O–H groups in total. The summed E-state index contributed by atoms with van der Waals surface area (Å²) < 4.78 is 0. The van der Waals surface area contributed by atoms with Crippen molar-refractivity contribution < 1.29 is 0 Å². The van der Waals surface area contributed by atoms with E-state index in [1.54, 1.807) is 0 Å². The van der Waals surface area contributed by atoms with Gasteiger partial charge in [0.25, 0.3) is 0 Å². The first kappa shape index (κ1) is 5.78. The van der Waals surface area contributed by atoms with Crippen LogP contribution in [0.1, 0.15) is 12.8 Å². The van der Waals surface area contributed by atoms with Crippen molar-refractivity contribution in [3.63, 3.8) is 0 Å². The number of nitrogens with zero attached hydrogens (tertiary/aromatic N) is 1. The minimum Gasteiger partial charge on any atom is -0.289 e. The summed E-state index contributed by atoms with van der Waals surface area (Å²) in [5.41, 5.74) is 2.89. The maximum absolute atomic E-state index is 4.19. The fraction of sp³-hybridized carbons (Fsp3) is 0.333. The highest BCUT2D eigenvalue weighted by atomic mass is 14.8. The largest absolute Gasteiger partial charge is 0.289 e. The van der Waals surface area contributed by atoms with Gasteiger partial charge >= 0.3 is 0 Å². The number of hydrogen-bond donors (Lipinski definition) is 0. The molecule has 1 radical (unpaired) electrons. The second-order valence-corrected chi connectivity index (χ2v) is 2.63. The van der Waals surface area contributed by atoms with E-state index < -0.39 is 0 Å². The third-order valence-corrected chi connectivity index (χ3v) is 1.94. The fourth-order valence-electron chi connectivity index (χ4n) is 1.36. The van der Waals surface area contributed by atoms with Crippen molar-refractivity contribution in [2.75, 3.05) is 6.54 Å². The van der Waals surface area contributed by atoms with E-state index in [9.17, 15) is 0 Å². The molecule has 1 aliphatic heterocycles. The lowest BCUT2D eigenvalue weighted by Crippen LogP contribution is -2.07. The molecule has 0 aromatic rings. The molecule has 0 spiro atoms. The molecule has 1 aliphatic carbocycles. The number of rotatable bonds is 0. The van der Waals surface area contributed by atoms with E-state index in [1.165, 1.54) is 11.1 Å². The van der Waals surface area contributed by atoms with E-state index in [1.807, 2.05) is 6.20 Å². The van der Waals surface area contributed by atoms with Crippen molar-refractivity contribution in [2.45, 2.75) is 12.8 Å². The zero-order valence-electron chi connectivity index (χ0n) is 5.88. The zero-order chi connectivity index (χ0) is 6.81. The standard InChI is InChI=1S/C9H10N/c1-2-4-9-7-10-6-5-8(9)3-1/h1-2,5,7H,3-4,6H2. The summed E-state index contributed by atoms with van der Waals surface area (Å²) in [5, 5.41) is 4.19. The van der Waals surface area contributed by atoms with Crippen LogP contribution in [-0.2, 0) is 0 Å². The Kier molecular flexibility index (Phi) is 1.35. The van der Waals surface area contributed by atoms with Gasteiger partial charge in [-0.3, -0.25) is 5.32 Å². The van der Waals surface area contributed by atoms with Crippen LogP contribution in [-0.4, -0.2) is 6.54 Å². The molecular weight excluding hydrogens is 122 g/mol. The number of allylic oxidation sites excluding steroid dienone is 4. The molecule has 2 rings (SSSR count). The van der Waals surface area contributed by atoms with E-state index in [4.69, 9.17) is 0 Å². The molecule has 0 bridgehead atoms. The molecule has 0 saturated carbocycles. The molecule has 0 atom stereocenters. The summed E-state index contributed by atoms with van der Waals surface area (Å²) in [4.78, 5) is 0. The van der Waals surface area contributed by atoms with Crippen molar-refractivity contribution in [1.29, 1.82) is 0 Å². The summed E-state index contributed by atoms with van der Waals surface area (Å²) in [5.74, 6) is 0. The topological polar surface area (TPSA) is 14.1 Å². The smallest absolute Gasteiger partial charge is 0.0576 e. The van der Waals surface area contributed by atoms with Gasteiger partial charge in [0.05, 0.1) is 6.54 Å². The lowest BCUT2D eigenvalue weighted by molar-refractivity contribution is 0.884. The predicted molar refractivity (Wildman–Crippen MR) is 41.5 cm³/mol. The van der Waals surface area contributed by atoms with Gasteiger partial charge in [0, 0.05) is 6.20 Å². The van der Waals surface area contributed by atoms with E-state index in [-0.39, 0.29) is 0 Å². The van der Waals surface area contributed by atoms with E-state index >= 15 is 0 Å². The van der Waals surface area contributed by atoms with E-state index in [0.29, 0.717) is 0 Å². The summed E-state index contributed by atoms with van der Waals surface area (Å²) in [6.07, 6.45) is 10.9.